The number of hydrogen-bond acceptors (Lipinski definition) is 5. The third-order valence-electron chi connectivity index (χ3n) is 2.98. The number of H-pyrrole nitrogens is 1. The second kappa shape index (κ2) is 5.59. The number of methoxy groups -OCH3 is 1. The number of nitrogens with zero attached hydrogens (tertiary/aromatic N) is 3. The minimum Gasteiger partial charge on any atom is -0.496 e. The van der Waals surface area contributed by atoms with Gasteiger partial charge in [-0.1, -0.05) is 19.1 Å². The van der Waals surface area contributed by atoms with Crippen LogP contribution in [0.25, 0.3) is 11.4 Å². The van der Waals surface area contributed by atoms with Crippen molar-refractivity contribution in [1.82, 2.24) is 20.6 Å². The second-order valence-electron chi connectivity index (χ2n) is 4.16. The Morgan fingerprint density at radius 3 is 2.89 bits per heavy atom. The van der Waals surface area contributed by atoms with Gasteiger partial charge in [0, 0.05) is 0 Å². The Morgan fingerprint density at radius 1 is 1.44 bits per heavy atom. The lowest BCUT2D eigenvalue weighted by atomic mass is 9.94. The summed E-state index contributed by atoms with van der Waals surface area (Å²) in [5.74, 6) is 1.74. The summed E-state index contributed by atoms with van der Waals surface area (Å²) < 4.78 is 5.51. The maximum Gasteiger partial charge on any atom is 0.183 e. The quantitative estimate of drug-likeness (QED) is 0.831. The van der Waals surface area contributed by atoms with Gasteiger partial charge in [0.25, 0.3) is 0 Å². The highest BCUT2D eigenvalue weighted by Crippen LogP contribution is 2.35. The highest BCUT2D eigenvalue weighted by atomic mass is 16.5. The third-order valence-corrected chi connectivity index (χ3v) is 2.98. The van der Waals surface area contributed by atoms with E-state index in [0.717, 1.165) is 23.3 Å². The molecule has 0 saturated heterocycles. The van der Waals surface area contributed by atoms with Gasteiger partial charge in [0.05, 0.1) is 12.7 Å². The average Bonchev–Trinajstić information content (AvgIpc) is 2.91. The van der Waals surface area contributed by atoms with Crippen molar-refractivity contribution in [3.05, 3.63) is 23.8 Å². The highest BCUT2D eigenvalue weighted by molar-refractivity contribution is 5.66. The van der Waals surface area contributed by atoms with Crippen LogP contribution in [0.15, 0.2) is 18.2 Å². The molecule has 6 nitrogen and oxygen atoms in total. The zero-order valence-electron chi connectivity index (χ0n) is 10.6. The zero-order chi connectivity index (χ0) is 13.0. The molecule has 18 heavy (non-hydrogen) atoms. The van der Waals surface area contributed by atoms with Crippen LogP contribution in [-0.2, 0) is 0 Å². The Hall–Kier alpha value is -1.95. The van der Waals surface area contributed by atoms with Crippen molar-refractivity contribution >= 4 is 0 Å². The van der Waals surface area contributed by atoms with Gasteiger partial charge in [0.2, 0.25) is 0 Å². The summed E-state index contributed by atoms with van der Waals surface area (Å²) in [5, 5.41) is 13.8. The number of aromatic amines is 1. The standard InChI is InChI=1S/C12H17N5O/c1-8(6-7-13)9-4-3-5-10(11(9)18-2)12-14-16-17-15-12/h3-5,8H,6-7,13H2,1-2H3,(H,14,15,16,17). The minimum atomic E-state index is 0.334. The van der Waals surface area contributed by atoms with Crippen LogP contribution in [0.5, 0.6) is 5.75 Å². The molecule has 0 aliphatic rings. The summed E-state index contributed by atoms with van der Waals surface area (Å²) in [6, 6.07) is 5.95. The minimum absolute atomic E-state index is 0.334. The van der Waals surface area contributed by atoms with Gasteiger partial charge in [-0.15, -0.1) is 5.10 Å². The lowest BCUT2D eigenvalue weighted by Gasteiger charge is -2.16. The van der Waals surface area contributed by atoms with Crippen LogP contribution in [0.3, 0.4) is 0 Å². The van der Waals surface area contributed by atoms with Crippen LogP contribution in [0.2, 0.25) is 0 Å². The first-order chi connectivity index (χ1) is 8.77. The van der Waals surface area contributed by atoms with E-state index in [1.807, 2.05) is 18.2 Å². The number of aromatic nitrogens is 4. The molecule has 0 spiro atoms. The molecule has 1 aromatic heterocycles. The maximum absolute atomic E-state index is 5.61. The third kappa shape index (κ3) is 2.33. The monoisotopic (exact) mass is 247 g/mol. The van der Waals surface area contributed by atoms with Crippen molar-refractivity contribution in [2.75, 3.05) is 13.7 Å². The van der Waals surface area contributed by atoms with E-state index in [2.05, 4.69) is 27.5 Å². The molecule has 96 valence electrons. The molecule has 1 unspecified atom stereocenters. The van der Waals surface area contributed by atoms with Crippen molar-refractivity contribution in [3.63, 3.8) is 0 Å². The van der Waals surface area contributed by atoms with Crippen molar-refractivity contribution < 1.29 is 4.74 Å². The number of tetrazole rings is 1. The van der Waals surface area contributed by atoms with Crippen LogP contribution in [-0.4, -0.2) is 34.3 Å². The molecule has 0 bridgehead atoms. The van der Waals surface area contributed by atoms with Crippen molar-refractivity contribution in [2.45, 2.75) is 19.3 Å². The summed E-state index contributed by atoms with van der Waals surface area (Å²) in [6.45, 7) is 2.78. The molecule has 3 N–H and O–H groups in total. The van der Waals surface area contributed by atoms with Gasteiger partial charge in [0.15, 0.2) is 5.82 Å². The van der Waals surface area contributed by atoms with Gasteiger partial charge >= 0.3 is 0 Å². The van der Waals surface area contributed by atoms with Crippen LogP contribution in [0.1, 0.15) is 24.8 Å². The fourth-order valence-electron chi connectivity index (χ4n) is 2.04. The Kier molecular flexibility index (Phi) is 3.88. The SMILES string of the molecule is COc1c(-c2nnn[nH]2)cccc1C(C)CCN. The Morgan fingerprint density at radius 2 is 2.28 bits per heavy atom. The first kappa shape index (κ1) is 12.5. The van der Waals surface area contributed by atoms with Gasteiger partial charge in [-0.05, 0) is 40.9 Å². The molecular formula is C12H17N5O. The summed E-state index contributed by atoms with van der Waals surface area (Å²) in [6.07, 6.45) is 0.911. The van der Waals surface area contributed by atoms with Gasteiger partial charge in [-0.3, -0.25) is 0 Å². The van der Waals surface area contributed by atoms with Gasteiger partial charge < -0.3 is 10.5 Å². The van der Waals surface area contributed by atoms with E-state index in [4.69, 9.17) is 10.5 Å². The molecule has 0 saturated carbocycles. The summed E-state index contributed by atoms with van der Waals surface area (Å²) in [4.78, 5) is 0. The van der Waals surface area contributed by atoms with E-state index in [-0.39, 0.29) is 0 Å². The summed E-state index contributed by atoms with van der Waals surface area (Å²) in [5.41, 5.74) is 7.60. The van der Waals surface area contributed by atoms with Crippen LogP contribution >= 0.6 is 0 Å². The van der Waals surface area contributed by atoms with Crippen LogP contribution in [0.4, 0.5) is 0 Å². The number of benzene rings is 1. The lowest BCUT2D eigenvalue weighted by molar-refractivity contribution is 0.407. The number of nitrogens with one attached hydrogen (secondary N) is 1. The normalized spacial score (nSPS) is 12.4. The fourth-order valence-corrected chi connectivity index (χ4v) is 2.04. The predicted molar refractivity (Wildman–Crippen MR) is 68.3 cm³/mol. The summed E-state index contributed by atoms with van der Waals surface area (Å²) in [7, 11) is 1.65. The topological polar surface area (TPSA) is 89.7 Å². The van der Waals surface area contributed by atoms with Crippen LogP contribution in [0, 0.1) is 0 Å². The number of rotatable bonds is 5. The van der Waals surface area contributed by atoms with E-state index in [9.17, 15) is 0 Å². The molecule has 2 aromatic rings. The summed E-state index contributed by atoms with van der Waals surface area (Å²) >= 11 is 0. The first-order valence-corrected chi connectivity index (χ1v) is 5.89. The molecule has 0 fully saturated rings. The van der Waals surface area contributed by atoms with Gasteiger partial charge in [-0.25, -0.2) is 5.10 Å². The zero-order valence-corrected chi connectivity index (χ0v) is 10.6. The second-order valence-corrected chi connectivity index (χ2v) is 4.16. The van der Waals surface area contributed by atoms with Crippen LogP contribution < -0.4 is 10.5 Å². The molecule has 1 heterocycles. The average molecular weight is 247 g/mol. The lowest BCUT2D eigenvalue weighted by Crippen LogP contribution is -2.06. The van der Waals surface area contributed by atoms with E-state index in [0.29, 0.717) is 18.3 Å². The maximum atomic E-state index is 5.61. The molecule has 0 radical (unpaired) electrons. The highest BCUT2D eigenvalue weighted by Gasteiger charge is 2.17. The molecule has 1 aromatic carbocycles. The smallest absolute Gasteiger partial charge is 0.183 e. The Bertz CT molecular complexity index is 497. The number of ether oxygens (including phenoxy) is 1. The predicted octanol–water partition coefficient (Wildman–Crippen LogP) is 1.33. The molecule has 1 atom stereocenters. The molecule has 0 amide bonds. The van der Waals surface area contributed by atoms with E-state index in [1.54, 1.807) is 7.11 Å². The Balaban J connectivity index is 2.46. The van der Waals surface area contributed by atoms with E-state index < -0.39 is 0 Å². The largest absolute Gasteiger partial charge is 0.496 e. The first-order valence-electron chi connectivity index (χ1n) is 5.89. The van der Waals surface area contributed by atoms with Crippen molar-refractivity contribution in [1.29, 1.82) is 0 Å². The molecular weight excluding hydrogens is 230 g/mol. The molecule has 6 heteroatoms. The molecule has 0 aliphatic heterocycles. The molecule has 2 rings (SSSR count). The number of hydrogen-bond donors (Lipinski definition) is 2. The van der Waals surface area contributed by atoms with Gasteiger partial charge in [-0.2, -0.15) is 0 Å². The number of nitrogens with two attached hydrogens (primary N) is 1. The van der Waals surface area contributed by atoms with Crippen molar-refractivity contribution in [2.24, 2.45) is 5.73 Å². The Labute approximate surface area is 106 Å². The molecule has 0 aliphatic carbocycles. The number of para-hydroxylation sites is 1. The van der Waals surface area contributed by atoms with E-state index in [1.165, 1.54) is 0 Å². The fraction of sp³-hybridized carbons (Fsp3) is 0.417. The van der Waals surface area contributed by atoms with Crippen molar-refractivity contribution in [3.8, 4) is 17.1 Å². The van der Waals surface area contributed by atoms with Gasteiger partial charge in [0.1, 0.15) is 5.75 Å². The van der Waals surface area contributed by atoms with E-state index >= 15 is 0 Å².